The van der Waals surface area contributed by atoms with Crippen molar-refractivity contribution < 1.29 is 4.79 Å². The zero-order chi connectivity index (χ0) is 14.5. The molecule has 1 heterocycles. The van der Waals surface area contributed by atoms with Crippen LogP contribution in [0.25, 0.3) is 0 Å². The first-order valence-corrected chi connectivity index (χ1v) is 8.13. The highest BCUT2D eigenvalue weighted by atomic mass is 16.2. The van der Waals surface area contributed by atoms with Gasteiger partial charge in [-0.2, -0.15) is 0 Å². The average Bonchev–Trinajstić information content (AvgIpc) is 3.37. The highest BCUT2D eigenvalue weighted by molar-refractivity contribution is 5.73. The van der Waals surface area contributed by atoms with Gasteiger partial charge >= 0.3 is 6.03 Å². The topological polar surface area (TPSA) is 44.4 Å². The second kappa shape index (κ2) is 6.83. The Morgan fingerprint density at radius 3 is 2.10 bits per heavy atom. The summed E-state index contributed by atoms with van der Waals surface area (Å²) in [5, 5.41) is 5.98. The van der Waals surface area contributed by atoms with Crippen LogP contribution < -0.4 is 15.5 Å². The van der Waals surface area contributed by atoms with Crippen molar-refractivity contribution in [2.24, 2.45) is 11.8 Å². The molecule has 0 spiro atoms. The highest BCUT2D eigenvalue weighted by Gasteiger charge is 2.22. The number of hydrogen-bond acceptors (Lipinski definition) is 2. The third-order valence-electron chi connectivity index (χ3n) is 4.54. The minimum absolute atomic E-state index is 0.00684. The van der Waals surface area contributed by atoms with Crippen LogP contribution in [0.5, 0.6) is 0 Å². The van der Waals surface area contributed by atoms with Crippen molar-refractivity contribution >= 4 is 11.7 Å². The van der Waals surface area contributed by atoms with Gasteiger partial charge in [0.25, 0.3) is 0 Å². The van der Waals surface area contributed by atoms with E-state index in [9.17, 15) is 4.79 Å². The van der Waals surface area contributed by atoms with Gasteiger partial charge in [0.05, 0.1) is 0 Å². The SMILES string of the molecule is O=C(NCC1CC1)NCC1CCN(c2ccccc2)CC1. The molecule has 0 atom stereocenters. The van der Waals surface area contributed by atoms with Crippen LogP contribution in [0.1, 0.15) is 25.7 Å². The predicted octanol–water partition coefficient (Wildman–Crippen LogP) is 2.61. The van der Waals surface area contributed by atoms with Crippen LogP contribution in [0, 0.1) is 11.8 Å². The smallest absolute Gasteiger partial charge is 0.314 e. The number of nitrogens with one attached hydrogen (secondary N) is 2. The van der Waals surface area contributed by atoms with Crippen LogP contribution in [0.3, 0.4) is 0 Å². The molecular formula is C17H25N3O. The van der Waals surface area contributed by atoms with E-state index in [1.807, 2.05) is 0 Å². The standard InChI is InChI=1S/C17H25N3O/c21-17(18-12-14-6-7-14)19-13-15-8-10-20(11-9-15)16-4-2-1-3-5-16/h1-5,14-15H,6-13H2,(H2,18,19,21). The van der Waals surface area contributed by atoms with Crippen molar-refractivity contribution in [2.75, 3.05) is 31.1 Å². The maximum absolute atomic E-state index is 11.7. The number of urea groups is 1. The molecule has 2 amide bonds. The lowest BCUT2D eigenvalue weighted by Crippen LogP contribution is -2.42. The van der Waals surface area contributed by atoms with Crippen LogP contribution in [0.2, 0.25) is 0 Å². The Labute approximate surface area is 126 Å². The van der Waals surface area contributed by atoms with Crippen LogP contribution in [-0.4, -0.2) is 32.2 Å². The van der Waals surface area contributed by atoms with E-state index in [-0.39, 0.29) is 6.03 Å². The van der Waals surface area contributed by atoms with E-state index < -0.39 is 0 Å². The summed E-state index contributed by atoms with van der Waals surface area (Å²) in [6.07, 6.45) is 4.85. The van der Waals surface area contributed by atoms with Crippen molar-refractivity contribution in [1.82, 2.24) is 10.6 Å². The van der Waals surface area contributed by atoms with E-state index >= 15 is 0 Å². The maximum atomic E-state index is 11.7. The van der Waals surface area contributed by atoms with Crippen LogP contribution >= 0.6 is 0 Å². The Morgan fingerprint density at radius 1 is 0.952 bits per heavy atom. The predicted molar refractivity (Wildman–Crippen MR) is 85.5 cm³/mol. The summed E-state index contributed by atoms with van der Waals surface area (Å²) >= 11 is 0. The van der Waals surface area contributed by atoms with Gasteiger partial charge in [-0.3, -0.25) is 0 Å². The summed E-state index contributed by atoms with van der Waals surface area (Å²) in [5.74, 6) is 1.35. The Hall–Kier alpha value is -1.71. The largest absolute Gasteiger partial charge is 0.372 e. The van der Waals surface area contributed by atoms with Gasteiger partial charge < -0.3 is 15.5 Å². The second-order valence-corrected chi connectivity index (χ2v) is 6.30. The summed E-state index contributed by atoms with van der Waals surface area (Å²) in [6, 6.07) is 10.6. The molecular weight excluding hydrogens is 262 g/mol. The quantitative estimate of drug-likeness (QED) is 0.874. The van der Waals surface area contributed by atoms with Gasteiger partial charge in [-0.1, -0.05) is 18.2 Å². The molecule has 0 radical (unpaired) electrons. The average molecular weight is 287 g/mol. The number of amides is 2. The molecule has 1 aliphatic carbocycles. The first-order chi connectivity index (χ1) is 10.3. The number of hydrogen-bond donors (Lipinski definition) is 2. The molecule has 2 N–H and O–H groups in total. The second-order valence-electron chi connectivity index (χ2n) is 6.30. The summed E-state index contributed by atoms with van der Waals surface area (Å²) < 4.78 is 0. The molecule has 3 rings (SSSR count). The number of nitrogens with zero attached hydrogens (tertiary/aromatic N) is 1. The third-order valence-corrected chi connectivity index (χ3v) is 4.54. The molecule has 114 valence electrons. The lowest BCUT2D eigenvalue weighted by molar-refractivity contribution is 0.237. The number of carbonyl (C=O) groups is 1. The minimum Gasteiger partial charge on any atom is -0.372 e. The first-order valence-electron chi connectivity index (χ1n) is 8.13. The molecule has 0 aromatic heterocycles. The molecule has 1 aliphatic heterocycles. The van der Waals surface area contributed by atoms with Crippen LogP contribution in [-0.2, 0) is 0 Å². The van der Waals surface area contributed by atoms with E-state index in [0.717, 1.165) is 44.9 Å². The number of rotatable bonds is 5. The summed E-state index contributed by atoms with van der Waals surface area (Å²) in [4.78, 5) is 14.1. The Bertz CT molecular complexity index is 450. The lowest BCUT2D eigenvalue weighted by Gasteiger charge is -2.33. The van der Waals surface area contributed by atoms with Crippen molar-refractivity contribution in [3.05, 3.63) is 30.3 Å². The normalized spacial score (nSPS) is 19.3. The fraction of sp³-hybridized carbons (Fsp3) is 0.588. The third kappa shape index (κ3) is 4.38. The number of para-hydroxylation sites is 1. The zero-order valence-electron chi connectivity index (χ0n) is 12.6. The zero-order valence-corrected chi connectivity index (χ0v) is 12.6. The molecule has 1 saturated carbocycles. The molecule has 1 aromatic rings. The molecule has 0 bridgehead atoms. The highest BCUT2D eigenvalue weighted by Crippen LogP contribution is 2.27. The van der Waals surface area contributed by atoms with Gasteiger partial charge in [0, 0.05) is 31.9 Å². The van der Waals surface area contributed by atoms with Crippen molar-refractivity contribution in [1.29, 1.82) is 0 Å². The van der Waals surface area contributed by atoms with Crippen molar-refractivity contribution in [3.8, 4) is 0 Å². The van der Waals surface area contributed by atoms with Crippen LogP contribution in [0.15, 0.2) is 30.3 Å². The molecule has 1 aromatic carbocycles. The van der Waals surface area contributed by atoms with Gasteiger partial charge in [-0.15, -0.1) is 0 Å². The van der Waals surface area contributed by atoms with Crippen molar-refractivity contribution in [2.45, 2.75) is 25.7 Å². The first kappa shape index (κ1) is 14.2. The van der Waals surface area contributed by atoms with Gasteiger partial charge in [0.15, 0.2) is 0 Å². The molecule has 2 fully saturated rings. The van der Waals surface area contributed by atoms with E-state index in [1.165, 1.54) is 18.5 Å². The molecule has 4 heteroatoms. The number of piperidine rings is 1. The minimum atomic E-state index is 0.00684. The number of anilines is 1. The molecule has 4 nitrogen and oxygen atoms in total. The van der Waals surface area contributed by atoms with Gasteiger partial charge in [0.1, 0.15) is 0 Å². The monoisotopic (exact) mass is 287 g/mol. The molecule has 21 heavy (non-hydrogen) atoms. The molecule has 0 unspecified atom stereocenters. The molecule has 2 aliphatic rings. The summed E-state index contributed by atoms with van der Waals surface area (Å²) in [6.45, 7) is 3.82. The number of carbonyl (C=O) groups excluding carboxylic acids is 1. The lowest BCUT2D eigenvalue weighted by atomic mass is 9.96. The Morgan fingerprint density at radius 2 is 1.52 bits per heavy atom. The Balaban J connectivity index is 1.34. The van der Waals surface area contributed by atoms with Crippen LogP contribution in [0.4, 0.5) is 10.5 Å². The Kier molecular flexibility index (Phi) is 4.63. The molecule has 1 saturated heterocycles. The van der Waals surface area contributed by atoms with Crippen molar-refractivity contribution in [3.63, 3.8) is 0 Å². The maximum Gasteiger partial charge on any atom is 0.314 e. The van der Waals surface area contributed by atoms with Gasteiger partial charge in [-0.25, -0.2) is 4.79 Å². The van der Waals surface area contributed by atoms with E-state index in [0.29, 0.717) is 5.92 Å². The fourth-order valence-corrected chi connectivity index (χ4v) is 2.89. The van der Waals surface area contributed by atoms with Gasteiger partial charge in [0.2, 0.25) is 0 Å². The van der Waals surface area contributed by atoms with E-state index in [1.54, 1.807) is 0 Å². The summed E-state index contributed by atoms with van der Waals surface area (Å²) in [5.41, 5.74) is 1.31. The van der Waals surface area contributed by atoms with E-state index in [2.05, 4.69) is 45.9 Å². The van der Waals surface area contributed by atoms with E-state index in [4.69, 9.17) is 0 Å². The summed E-state index contributed by atoms with van der Waals surface area (Å²) in [7, 11) is 0. The number of benzene rings is 1. The van der Waals surface area contributed by atoms with Gasteiger partial charge in [-0.05, 0) is 49.7 Å². The fourth-order valence-electron chi connectivity index (χ4n) is 2.89.